The third kappa shape index (κ3) is 6.28. The zero-order valence-electron chi connectivity index (χ0n) is 12.8. The van der Waals surface area contributed by atoms with Crippen LogP contribution in [0.5, 0.6) is 0 Å². The number of esters is 1. The first-order valence-corrected chi connectivity index (χ1v) is 9.28. The minimum Gasteiger partial charge on any atom is -0.452 e. The van der Waals surface area contributed by atoms with Crippen LogP contribution in [0.15, 0.2) is 27.6 Å². The van der Waals surface area contributed by atoms with Crippen LogP contribution in [0.3, 0.4) is 0 Å². The fraction of sp³-hybridized carbons (Fsp3) is 0.429. The molecule has 0 aromatic heterocycles. The Balaban J connectivity index is 2.73. The largest absolute Gasteiger partial charge is 0.452 e. The van der Waals surface area contributed by atoms with Crippen LogP contribution in [0.1, 0.15) is 37.0 Å². The number of hydrogen-bond donors (Lipinski definition) is 2. The van der Waals surface area contributed by atoms with Gasteiger partial charge in [-0.3, -0.25) is 4.79 Å². The molecule has 1 aromatic rings. The molecule has 128 valence electrons. The molecule has 0 fully saturated rings. The molecular formula is C14H19BrN2O5S. The molecule has 0 heterocycles. The zero-order valence-corrected chi connectivity index (χ0v) is 15.2. The maximum absolute atomic E-state index is 12.0. The molecule has 1 rings (SSSR count). The summed E-state index contributed by atoms with van der Waals surface area (Å²) in [6.07, 6.45) is 1.75. The number of benzene rings is 1. The summed E-state index contributed by atoms with van der Waals surface area (Å²) in [5.74, 6) is -1.24. The number of primary sulfonamides is 1. The fourth-order valence-corrected chi connectivity index (χ4v) is 2.82. The number of nitrogens with one attached hydrogen (secondary N) is 1. The quantitative estimate of drug-likeness (QED) is 0.666. The van der Waals surface area contributed by atoms with Crippen molar-refractivity contribution in [3.63, 3.8) is 0 Å². The fourth-order valence-electron chi connectivity index (χ4n) is 1.87. The van der Waals surface area contributed by atoms with Crippen molar-refractivity contribution in [3.05, 3.63) is 28.2 Å². The first kappa shape index (κ1) is 19.6. The Labute approximate surface area is 143 Å². The van der Waals surface area contributed by atoms with E-state index in [0.29, 0.717) is 4.47 Å². The lowest BCUT2D eigenvalue weighted by molar-refractivity contribution is -0.124. The molecule has 3 N–H and O–H groups in total. The van der Waals surface area contributed by atoms with Crippen molar-refractivity contribution in [3.8, 4) is 0 Å². The van der Waals surface area contributed by atoms with Gasteiger partial charge >= 0.3 is 5.97 Å². The number of amides is 1. The van der Waals surface area contributed by atoms with Crippen molar-refractivity contribution < 1.29 is 22.7 Å². The summed E-state index contributed by atoms with van der Waals surface area (Å²) < 4.78 is 27.9. The average molecular weight is 407 g/mol. The average Bonchev–Trinajstić information content (AvgIpc) is 2.44. The van der Waals surface area contributed by atoms with Crippen LogP contribution in [0.2, 0.25) is 0 Å². The van der Waals surface area contributed by atoms with Gasteiger partial charge in [0.25, 0.3) is 5.91 Å². The third-order valence-corrected chi connectivity index (χ3v) is 4.55. The standard InChI is InChI=1S/C14H19BrN2O5S/c1-3-4-9(2)17-13(18)8-22-14(19)11-7-10(23(16,20)21)5-6-12(11)15/h5-7,9H,3-4,8H2,1-2H3,(H,17,18)(H2,16,20,21)/t9-/m0/s1. The summed E-state index contributed by atoms with van der Waals surface area (Å²) in [6.45, 7) is 3.41. The Morgan fingerprint density at radius 2 is 2.04 bits per heavy atom. The first-order chi connectivity index (χ1) is 10.6. The van der Waals surface area contributed by atoms with Crippen molar-refractivity contribution in [1.29, 1.82) is 0 Å². The molecule has 9 heteroatoms. The van der Waals surface area contributed by atoms with Crippen molar-refractivity contribution in [1.82, 2.24) is 5.32 Å². The van der Waals surface area contributed by atoms with E-state index in [1.54, 1.807) is 0 Å². The Morgan fingerprint density at radius 1 is 1.39 bits per heavy atom. The van der Waals surface area contributed by atoms with E-state index in [1.807, 2.05) is 13.8 Å². The molecule has 0 radical (unpaired) electrons. The van der Waals surface area contributed by atoms with Crippen LogP contribution in [-0.2, 0) is 19.6 Å². The predicted molar refractivity (Wildman–Crippen MR) is 88.3 cm³/mol. The molecule has 7 nitrogen and oxygen atoms in total. The molecule has 0 aliphatic carbocycles. The molecule has 0 saturated heterocycles. The SMILES string of the molecule is CCC[C@H](C)NC(=O)COC(=O)c1cc(S(N)(=O)=O)ccc1Br. The minimum atomic E-state index is -3.94. The second-order valence-electron chi connectivity index (χ2n) is 5.02. The number of hydrogen-bond acceptors (Lipinski definition) is 5. The molecular weight excluding hydrogens is 388 g/mol. The predicted octanol–water partition coefficient (Wildman–Crippen LogP) is 1.56. The Morgan fingerprint density at radius 3 is 2.61 bits per heavy atom. The zero-order chi connectivity index (χ0) is 17.6. The van der Waals surface area contributed by atoms with Crippen LogP contribution in [0, 0.1) is 0 Å². The van der Waals surface area contributed by atoms with Gasteiger partial charge in [0, 0.05) is 10.5 Å². The number of carbonyl (C=O) groups excluding carboxylic acids is 2. The summed E-state index contributed by atoms with van der Waals surface area (Å²) in [5.41, 5.74) is -0.0223. The summed E-state index contributed by atoms with van der Waals surface area (Å²) >= 11 is 3.13. The van der Waals surface area contributed by atoms with Crippen LogP contribution in [0.25, 0.3) is 0 Å². The van der Waals surface area contributed by atoms with Gasteiger partial charge in [-0.15, -0.1) is 0 Å². The van der Waals surface area contributed by atoms with E-state index in [9.17, 15) is 18.0 Å². The minimum absolute atomic E-state index is 0.0105. The lowest BCUT2D eigenvalue weighted by Crippen LogP contribution is -2.35. The highest BCUT2D eigenvalue weighted by molar-refractivity contribution is 9.10. The Bertz CT molecular complexity index is 690. The molecule has 0 bridgehead atoms. The van der Waals surface area contributed by atoms with Crippen molar-refractivity contribution in [2.24, 2.45) is 5.14 Å². The summed E-state index contributed by atoms with van der Waals surface area (Å²) in [7, 11) is -3.94. The lowest BCUT2D eigenvalue weighted by atomic mass is 10.2. The first-order valence-electron chi connectivity index (χ1n) is 6.94. The number of rotatable bonds is 7. The molecule has 1 atom stereocenters. The van der Waals surface area contributed by atoms with E-state index in [0.717, 1.165) is 18.9 Å². The Hall–Kier alpha value is -1.45. The normalized spacial score (nSPS) is 12.5. The van der Waals surface area contributed by atoms with E-state index in [-0.39, 0.29) is 16.5 Å². The van der Waals surface area contributed by atoms with Gasteiger partial charge in [0.05, 0.1) is 10.5 Å². The van der Waals surface area contributed by atoms with E-state index in [2.05, 4.69) is 21.2 Å². The molecule has 0 unspecified atom stereocenters. The van der Waals surface area contributed by atoms with Gasteiger partial charge in [0.15, 0.2) is 6.61 Å². The molecule has 0 spiro atoms. The van der Waals surface area contributed by atoms with Gasteiger partial charge in [0.1, 0.15) is 0 Å². The van der Waals surface area contributed by atoms with Gasteiger partial charge in [-0.05, 0) is 47.5 Å². The topological polar surface area (TPSA) is 116 Å². The maximum atomic E-state index is 12.0. The van der Waals surface area contributed by atoms with E-state index >= 15 is 0 Å². The molecule has 0 saturated carbocycles. The number of nitrogens with two attached hydrogens (primary N) is 1. The smallest absolute Gasteiger partial charge is 0.339 e. The van der Waals surface area contributed by atoms with Gasteiger partial charge < -0.3 is 10.1 Å². The number of carbonyl (C=O) groups is 2. The summed E-state index contributed by atoms with van der Waals surface area (Å²) in [6, 6.07) is 3.72. The van der Waals surface area contributed by atoms with Crippen molar-refractivity contribution in [2.45, 2.75) is 37.6 Å². The van der Waals surface area contributed by atoms with Crippen LogP contribution < -0.4 is 10.5 Å². The van der Waals surface area contributed by atoms with Crippen molar-refractivity contribution in [2.75, 3.05) is 6.61 Å². The summed E-state index contributed by atoms with van der Waals surface area (Å²) in [5, 5.41) is 7.72. The van der Waals surface area contributed by atoms with Crippen LogP contribution >= 0.6 is 15.9 Å². The van der Waals surface area contributed by atoms with Crippen LogP contribution in [-0.4, -0.2) is 32.9 Å². The van der Waals surface area contributed by atoms with E-state index in [4.69, 9.17) is 9.88 Å². The molecule has 1 amide bonds. The third-order valence-electron chi connectivity index (χ3n) is 2.95. The van der Waals surface area contributed by atoms with Gasteiger partial charge in [-0.1, -0.05) is 13.3 Å². The monoisotopic (exact) mass is 406 g/mol. The van der Waals surface area contributed by atoms with Gasteiger partial charge in [-0.25, -0.2) is 18.4 Å². The number of halogens is 1. The lowest BCUT2D eigenvalue weighted by Gasteiger charge is -2.13. The summed E-state index contributed by atoms with van der Waals surface area (Å²) in [4.78, 5) is 23.4. The van der Waals surface area contributed by atoms with E-state index < -0.39 is 28.5 Å². The van der Waals surface area contributed by atoms with Gasteiger partial charge in [0.2, 0.25) is 10.0 Å². The highest BCUT2D eigenvalue weighted by Crippen LogP contribution is 2.21. The Kier molecular flexibility index (Phi) is 7.17. The molecule has 23 heavy (non-hydrogen) atoms. The maximum Gasteiger partial charge on any atom is 0.339 e. The van der Waals surface area contributed by atoms with Crippen molar-refractivity contribution >= 4 is 37.8 Å². The second kappa shape index (κ2) is 8.42. The number of ether oxygens (including phenoxy) is 1. The van der Waals surface area contributed by atoms with Gasteiger partial charge in [-0.2, -0.15) is 0 Å². The highest BCUT2D eigenvalue weighted by atomic mass is 79.9. The van der Waals surface area contributed by atoms with Crippen LogP contribution in [0.4, 0.5) is 0 Å². The molecule has 0 aliphatic rings. The number of sulfonamides is 1. The van der Waals surface area contributed by atoms with E-state index in [1.165, 1.54) is 12.1 Å². The highest BCUT2D eigenvalue weighted by Gasteiger charge is 2.18. The second-order valence-corrected chi connectivity index (χ2v) is 7.44. The molecule has 1 aromatic carbocycles. The molecule has 0 aliphatic heterocycles.